The topological polar surface area (TPSA) is 54.0 Å². The van der Waals surface area contributed by atoms with Gasteiger partial charge in [-0.05, 0) is 35.4 Å². The van der Waals surface area contributed by atoms with E-state index in [-0.39, 0.29) is 25.6 Å². The third-order valence-electron chi connectivity index (χ3n) is 4.35. The highest BCUT2D eigenvalue weighted by atomic mass is 35.5. The summed E-state index contributed by atoms with van der Waals surface area (Å²) in [5.74, 6) is -0.310. The Bertz CT molecular complexity index is 876. The van der Waals surface area contributed by atoms with E-state index in [1.54, 1.807) is 36.4 Å². The number of halogens is 4. The fourth-order valence-electron chi connectivity index (χ4n) is 2.84. The Labute approximate surface area is 188 Å². The molecule has 1 fully saturated rings. The van der Waals surface area contributed by atoms with Crippen LogP contribution >= 0.6 is 46.4 Å². The molecular weight excluding hydrogens is 462 g/mol. The molecule has 0 spiro atoms. The predicted molar refractivity (Wildman–Crippen MR) is 112 cm³/mol. The fraction of sp³-hybridized carbons (Fsp3) is 0.350. The molecule has 0 N–H and O–H groups in total. The normalized spacial score (nSPS) is 21.7. The summed E-state index contributed by atoms with van der Waals surface area (Å²) >= 11 is 24.1. The zero-order valence-electron chi connectivity index (χ0n) is 15.4. The number of hydrogen-bond donors (Lipinski definition) is 0. The number of rotatable bonds is 8. The molecule has 0 amide bonds. The van der Waals surface area contributed by atoms with Gasteiger partial charge in [-0.1, -0.05) is 58.5 Å². The van der Waals surface area contributed by atoms with Gasteiger partial charge in [-0.2, -0.15) is 0 Å². The molecule has 9 heteroatoms. The number of methoxy groups -OCH3 is 1. The van der Waals surface area contributed by atoms with Gasteiger partial charge in [0.25, 0.3) is 0 Å². The van der Waals surface area contributed by atoms with Crippen LogP contribution in [0, 0.1) is 0 Å². The van der Waals surface area contributed by atoms with E-state index in [0.717, 1.165) is 5.56 Å². The van der Waals surface area contributed by atoms with Crippen molar-refractivity contribution in [3.05, 3.63) is 67.6 Å². The maximum atomic E-state index is 12.5. The lowest BCUT2D eigenvalue weighted by atomic mass is 10.1. The van der Waals surface area contributed by atoms with Gasteiger partial charge in [0.05, 0.1) is 19.8 Å². The van der Waals surface area contributed by atoms with E-state index < -0.39 is 18.5 Å². The second-order valence-corrected chi connectivity index (χ2v) is 8.05. The number of ketones is 1. The van der Waals surface area contributed by atoms with Crippen LogP contribution in [0.4, 0.5) is 0 Å². The van der Waals surface area contributed by atoms with Crippen LogP contribution in [0.1, 0.15) is 11.1 Å². The van der Waals surface area contributed by atoms with Crippen LogP contribution in [0.5, 0.6) is 0 Å². The lowest BCUT2D eigenvalue weighted by Crippen LogP contribution is -2.34. The molecule has 0 saturated carbocycles. The van der Waals surface area contributed by atoms with Crippen molar-refractivity contribution >= 4 is 52.2 Å². The van der Waals surface area contributed by atoms with Crippen molar-refractivity contribution in [2.45, 2.75) is 31.7 Å². The van der Waals surface area contributed by atoms with Crippen LogP contribution in [-0.2, 0) is 37.0 Å². The van der Waals surface area contributed by atoms with E-state index in [2.05, 4.69) is 0 Å². The van der Waals surface area contributed by atoms with E-state index in [1.807, 2.05) is 0 Å². The molecule has 156 valence electrons. The summed E-state index contributed by atoms with van der Waals surface area (Å²) in [5.41, 5.74) is 1.48. The Balaban J connectivity index is 1.61. The van der Waals surface area contributed by atoms with Crippen LogP contribution in [0.25, 0.3) is 0 Å². The number of benzene rings is 2. The highest BCUT2D eigenvalue weighted by Gasteiger charge is 2.44. The molecule has 2 aromatic carbocycles. The molecular formula is C20H18Cl4O5. The molecule has 1 aliphatic rings. The molecule has 5 nitrogen and oxygen atoms in total. The van der Waals surface area contributed by atoms with Gasteiger partial charge >= 0.3 is 0 Å². The van der Waals surface area contributed by atoms with E-state index in [9.17, 15) is 4.79 Å². The summed E-state index contributed by atoms with van der Waals surface area (Å²) in [7, 11) is 1.40. The third kappa shape index (κ3) is 5.84. The maximum Gasteiger partial charge on any atom is 0.220 e. The first kappa shape index (κ1) is 22.8. The van der Waals surface area contributed by atoms with Crippen LogP contribution in [0.15, 0.2) is 36.4 Å². The molecule has 0 aromatic heterocycles. The molecule has 0 aliphatic carbocycles. The van der Waals surface area contributed by atoms with E-state index in [0.29, 0.717) is 25.7 Å². The molecule has 1 heterocycles. The number of carbonyl (C=O) groups excluding carboxylic acids is 1. The largest absolute Gasteiger partial charge is 0.374 e. The van der Waals surface area contributed by atoms with Crippen LogP contribution < -0.4 is 0 Å². The molecule has 1 saturated heterocycles. The zero-order valence-corrected chi connectivity index (χ0v) is 18.4. The summed E-state index contributed by atoms with van der Waals surface area (Å²) in [5, 5.41) is 2.02. The van der Waals surface area contributed by atoms with Gasteiger partial charge < -0.3 is 18.9 Å². The average molecular weight is 480 g/mol. The first-order chi connectivity index (χ1) is 13.9. The number of carbonyl (C=O) groups is 1. The van der Waals surface area contributed by atoms with Crippen molar-refractivity contribution in [2.24, 2.45) is 0 Å². The van der Waals surface area contributed by atoms with Gasteiger partial charge in [0.2, 0.25) is 12.1 Å². The minimum Gasteiger partial charge on any atom is -0.374 e. The van der Waals surface area contributed by atoms with Crippen molar-refractivity contribution in [2.75, 3.05) is 13.7 Å². The molecule has 29 heavy (non-hydrogen) atoms. The Kier molecular flexibility index (Phi) is 8.19. The van der Waals surface area contributed by atoms with Gasteiger partial charge in [0, 0.05) is 27.2 Å². The Morgan fingerprint density at radius 2 is 1.52 bits per heavy atom. The molecule has 0 radical (unpaired) electrons. The monoisotopic (exact) mass is 478 g/mol. The predicted octanol–water partition coefficient (Wildman–Crippen LogP) is 5.34. The lowest BCUT2D eigenvalue weighted by Gasteiger charge is -2.18. The first-order valence-electron chi connectivity index (χ1n) is 8.68. The smallest absolute Gasteiger partial charge is 0.220 e. The number of Topliss-reactive ketones (excluding diaryl/α,β-unsaturated/α-hetero) is 1. The maximum absolute atomic E-state index is 12.5. The average Bonchev–Trinajstić information content (AvgIpc) is 2.98. The molecule has 1 aliphatic heterocycles. The number of hydrogen-bond acceptors (Lipinski definition) is 5. The second kappa shape index (κ2) is 10.4. The minimum atomic E-state index is -1.01. The van der Waals surface area contributed by atoms with E-state index in [4.69, 9.17) is 65.4 Å². The van der Waals surface area contributed by atoms with E-state index >= 15 is 0 Å². The van der Waals surface area contributed by atoms with Crippen molar-refractivity contribution in [1.82, 2.24) is 0 Å². The summed E-state index contributed by atoms with van der Waals surface area (Å²) in [6, 6.07) is 10.2. The van der Waals surface area contributed by atoms with E-state index in [1.165, 1.54) is 7.11 Å². The lowest BCUT2D eigenvalue weighted by molar-refractivity contribution is -0.154. The Morgan fingerprint density at radius 3 is 2.07 bits per heavy atom. The molecule has 0 unspecified atom stereocenters. The SMILES string of the molecule is CO[C@H]1O[C@@H](COCc2ccc(Cl)cc2Cl)[C@H](OCc2ccc(Cl)cc2Cl)C1=O. The van der Waals surface area contributed by atoms with Crippen LogP contribution in [-0.4, -0.2) is 38.0 Å². The van der Waals surface area contributed by atoms with Gasteiger partial charge in [0.15, 0.2) is 0 Å². The molecule has 3 rings (SSSR count). The van der Waals surface area contributed by atoms with Gasteiger partial charge in [-0.3, -0.25) is 4.79 Å². The van der Waals surface area contributed by atoms with Crippen molar-refractivity contribution in [3.8, 4) is 0 Å². The van der Waals surface area contributed by atoms with Crippen LogP contribution in [0.3, 0.4) is 0 Å². The van der Waals surface area contributed by atoms with Gasteiger partial charge in [-0.15, -0.1) is 0 Å². The molecule has 3 atom stereocenters. The second-order valence-electron chi connectivity index (χ2n) is 6.36. The summed E-state index contributed by atoms with van der Waals surface area (Å²) in [4.78, 5) is 12.5. The summed E-state index contributed by atoms with van der Waals surface area (Å²) < 4.78 is 22.2. The summed E-state index contributed by atoms with van der Waals surface area (Å²) in [6.45, 7) is 0.465. The zero-order chi connectivity index (χ0) is 21.0. The third-order valence-corrected chi connectivity index (χ3v) is 5.53. The van der Waals surface area contributed by atoms with Crippen molar-refractivity contribution in [1.29, 1.82) is 0 Å². The standard InChI is InChI=1S/C20H18Cl4O5/c1-26-20-18(25)19(28-9-12-3-5-14(22)7-16(12)24)17(29-20)10-27-8-11-2-4-13(21)6-15(11)23/h2-7,17,19-20H,8-10H2,1H3/t17-,19-,20-/m0/s1. The van der Waals surface area contributed by atoms with Crippen LogP contribution in [0.2, 0.25) is 20.1 Å². The summed E-state index contributed by atoms with van der Waals surface area (Å²) in [6.07, 6.45) is -2.50. The highest BCUT2D eigenvalue weighted by Crippen LogP contribution is 2.27. The number of ether oxygens (including phenoxy) is 4. The highest BCUT2D eigenvalue weighted by molar-refractivity contribution is 6.35. The Morgan fingerprint density at radius 1 is 0.931 bits per heavy atom. The molecule has 2 aromatic rings. The quantitative estimate of drug-likeness (QED) is 0.511. The van der Waals surface area contributed by atoms with Gasteiger partial charge in [0.1, 0.15) is 12.2 Å². The minimum absolute atomic E-state index is 0.115. The van der Waals surface area contributed by atoms with Crippen molar-refractivity contribution in [3.63, 3.8) is 0 Å². The fourth-order valence-corrected chi connectivity index (χ4v) is 3.77. The Hall–Kier alpha value is -0.890. The van der Waals surface area contributed by atoms with Crippen molar-refractivity contribution < 1.29 is 23.7 Å². The van der Waals surface area contributed by atoms with Gasteiger partial charge in [-0.25, -0.2) is 0 Å². The first-order valence-corrected chi connectivity index (χ1v) is 10.2. The molecule has 0 bridgehead atoms.